The SMILES string of the molecule is CC(C)(C)CC(C)(C)c1cc(Br)c(OCC(=O)NN=Cc2ccc(Cl)cc2Cl)c([N+](=O)[O-])c1. The molecule has 178 valence electrons. The number of hydrazone groups is 1. The summed E-state index contributed by atoms with van der Waals surface area (Å²) in [7, 11) is 0. The molecule has 1 N–H and O–H groups in total. The Morgan fingerprint density at radius 1 is 1.21 bits per heavy atom. The van der Waals surface area contributed by atoms with Gasteiger partial charge in [0.15, 0.2) is 6.61 Å². The molecule has 7 nitrogen and oxygen atoms in total. The van der Waals surface area contributed by atoms with Gasteiger partial charge in [0.1, 0.15) is 0 Å². The van der Waals surface area contributed by atoms with Crippen LogP contribution < -0.4 is 10.2 Å². The quantitative estimate of drug-likeness (QED) is 0.216. The summed E-state index contributed by atoms with van der Waals surface area (Å²) in [6, 6.07) is 8.15. The van der Waals surface area contributed by atoms with Gasteiger partial charge in [-0.2, -0.15) is 5.10 Å². The zero-order valence-electron chi connectivity index (χ0n) is 19.0. The van der Waals surface area contributed by atoms with Crippen molar-refractivity contribution in [2.24, 2.45) is 10.5 Å². The van der Waals surface area contributed by atoms with Gasteiger partial charge in [0.05, 0.1) is 20.6 Å². The zero-order chi connectivity index (χ0) is 25.0. The predicted molar refractivity (Wildman–Crippen MR) is 136 cm³/mol. The molecule has 0 aliphatic carbocycles. The molecule has 0 atom stereocenters. The van der Waals surface area contributed by atoms with Crippen molar-refractivity contribution in [1.29, 1.82) is 0 Å². The second-order valence-electron chi connectivity index (χ2n) is 9.43. The van der Waals surface area contributed by atoms with Crippen molar-refractivity contribution in [2.45, 2.75) is 46.5 Å². The van der Waals surface area contributed by atoms with Crippen LogP contribution in [-0.4, -0.2) is 23.7 Å². The second kappa shape index (κ2) is 10.8. The van der Waals surface area contributed by atoms with Gasteiger partial charge < -0.3 is 4.74 Å². The standard InChI is InChI=1S/C23H26BrCl2N3O4/c1-22(2,3)13-23(4,5)15-8-17(24)21(19(9-15)29(31)32)33-12-20(30)28-27-11-14-6-7-16(25)10-18(14)26/h6-11H,12-13H2,1-5H3,(H,28,30). The van der Waals surface area contributed by atoms with Crippen molar-refractivity contribution in [2.75, 3.05) is 6.61 Å². The van der Waals surface area contributed by atoms with E-state index in [1.807, 2.05) is 13.8 Å². The number of nitrogens with zero attached hydrogens (tertiary/aromatic N) is 2. The molecule has 0 aliphatic heterocycles. The van der Waals surface area contributed by atoms with Crippen LogP contribution in [0.2, 0.25) is 10.0 Å². The molecule has 10 heteroatoms. The molecule has 0 aliphatic rings. The molecule has 2 aromatic rings. The minimum Gasteiger partial charge on any atom is -0.476 e. The molecule has 0 aromatic heterocycles. The van der Waals surface area contributed by atoms with Gasteiger partial charge in [-0.05, 0) is 56.9 Å². The molecular formula is C23H26BrCl2N3O4. The van der Waals surface area contributed by atoms with Gasteiger partial charge in [-0.1, -0.05) is 63.9 Å². The Morgan fingerprint density at radius 3 is 2.45 bits per heavy atom. The fraction of sp³-hybridized carbons (Fsp3) is 0.391. The summed E-state index contributed by atoms with van der Waals surface area (Å²) in [6.45, 7) is 9.99. The second-order valence-corrected chi connectivity index (χ2v) is 11.1. The monoisotopic (exact) mass is 557 g/mol. The van der Waals surface area contributed by atoms with Gasteiger partial charge >= 0.3 is 5.69 Å². The lowest BCUT2D eigenvalue weighted by molar-refractivity contribution is -0.386. The summed E-state index contributed by atoms with van der Waals surface area (Å²) >= 11 is 15.3. The largest absolute Gasteiger partial charge is 0.476 e. The van der Waals surface area contributed by atoms with Gasteiger partial charge in [0, 0.05) is 16.7 Å². The van der Waals surface area contributed by atoms with Crippen LogP contribution >= 0.6 is 39.1 Å². The van der Waals surface area contributed by atoms with Crippen molar-refractivity contribution in [3.8, 4) is 5.75 Å². The van der Waals surface area contributed by atoms with Crippen LogP contribution in [0, 0.1) is 15.5 Å². The van der Waals surface area contributed by atoms with E-state index in [0.29, 0.717) is 20.1 Å². The molecule has 0 saturated carbocycles. The van der Waals surface area contributed by atoms with E-state index in [1.165, 1.54) is 12.3 Å². The number of rotatable bonds is 8. The highest BCUT2D eigenvalue weighted by molar-refractivity contribution is 9.10. The Bertz CT molecular complexity index is 1080. The number of carbonyl (C=O) groups is 1. The van der Waals surface area contributed by atoms with E-state index in [2.05, 4.69) is 47.2 Å². The highest BCUT2D eigenvalue weighted by atomic mass is 79.9. The smallest absolute Gasteiger partial charge is 0.312 e. The normalized spacial score (nSPS) is 12.1. The zero-order valence-corrected chi connectivity index (χ0v) is 22.1. The summed E-state index contributed by atoms with van der Waals surface area (Å²) in [5.74, 6) is -0.607. The van der Waals surface area contributed by atoms with Crippen LogP contribution in [0.1, 0.15) is 52.2 Å². The highest BCUT2D eigenvalue weighted by Crippen LogP contribution is 2.43. The Hall–Kier alpha value is -2.16. The van der Waals surface area contributed by atoms with Crippen LogP contribution in [0.15, 0.2) is 39.9 Å². The summed E-state index contributed by atoms with van der Waals surface area (Å²) in [4.78, 5) is 23.3. The average Bonchev–Trinajstić information content (AvgIpc) is 2.66. The predicted octanol–water partition coefficient (Wildman–Crippen LogP) is 6.91. The number of ether oxygens (including phenoxy) is 1. The van der Waals surface area contributed by atoms with Crippen molar-refractivity contribution < 1.29 is 14.5 Å². The minimum atomic E-state index is -0.588. The molecule has 2 aromatic carbocycles. The van der Waals surface area contributed by atoms with Crippen LogP contribution in [0.4, 0.5) is 5.69 Å². The first-order valence-corrected chi connectivity index (χ1v) is 11.6. The van der Waals surface area contributed by atoms with E-state index in [1.54, 1.807) is 24.3 Å². The fourth-order valence-corrected chi connectivity index (χ4v) is 4.65. The van der Waals surface area contributed by atoms with E-state index in [-0.39, 0.29) is 22.3 Å². The number of nitro benzene ring substituents is 1. The first-order chi connectivity index (χ1) is 15.2. The van der Waals surface area contributed by atoms with Gasteiger partial charge in [-0.3, -0.25) is 14.9 Å². The third kappa shape index (κ3) is 7.98. The van der Waals surface area contributed by atoms with E-state index in [0.717, 1.165) is 12.0 Å². The van der Waals surface area contributed by atoms with Crippen LogP contribution in [-0.2, 0) is 10.2 Å². The molecule has 0 spiro atoms. The number of benzene rings is 2. The third-order valence-electron chi connectivity index (χ3n) is 4.68. The summed E-state index contributed by atoms with van der Waals surface area (Å²) < 4.78 is 5.88. The Morgan fingerprint density at radius 2 is 1.88 bits per heavy atom. The molecule has 0 radical (unpaired) electrons. The number of hydrogen-bond acceptors (Lipinski definition) is 5. The Labute approximate surface area is 211 Å². The maximum atomic E-state index is 12.1. The lowest BCUT2D eigenvalue weighted by Gasteiger charge is -2.33. The van der Waals surface area contributed by atoms with E-state index in [4.69, 9.17) is 27.9 Å². The minimum absolute atomic E-state index is 0.0183. The maximum Gasteiger partial charge on any atom is 0.312 e. The Kier molecular flexibility index (Phi) is 8.90. The molecule has 0 unspecified atom stereocenters. The van der Waals surface area contributed by atoms with E-state index in [9.17, 15) is 14.9 Å². The van der Waals surface area contributed by atoms with Gasteiger partial charge in [0.2, 0.25) is 5.75 Å². The van der Waals surface area contributed by atoms with E-state index < -0.39 is 17.4 Å². The molecule has 0 saturated heterocycles. The van der Waals surface area contributed by atoms with Crippen molar-refractivity contribution >= 4 is 56.9 Å². The molecule has 2 rings (SSSR count). The van der Waals surface area contributed by atoms with Crippen LogP contribution in [0.25, 0.3) is 0 Å². The summed E-state index contributed by atoms with van der Waals surface area (Å²) in [5, 5.41) is 16.4. The van der Waals surface area contributed by atoms with Crippen molar-refractivity contribution in [3.05, 3.63) is 66.1 Å². The average molecular weight is 559 g/mol. The number of amides is 1. The Balaban J connectivity index is 2.14. The molecule has 0 fully saturated rings. The van der Waals surface area contributed by atoms with Gasteiger partial charge in [-0.25, -0.2) is 5.43 Å². The first kappa shape index (κ1) is 27.1. The van der Waals surface area contributed by atoms with Gasteiger partial charge in [0.25, 0.3) is 5.91 Å². The van der Waals surface area contributed by atoms with Gasteiger partial charge in [-0.15, -0.1) is 0 Å². The number of hydrogen-bond donors (Lipinski definition) is 1. The van der Waals surface area contributed by atoms with Crippen LogP contribution in [0.5, 0.6) is 5.75 Å². The molecule has 0 heterocycles. The molecule has 1 amide bonds. The maximum absolute atomic E-state index is 12.1. The molecular weight excluding hydrogens is 533 g/mol. The van der Waals surface area contributed by atoms with E-state index >= 15 is 0 Å². The summed E-state index contributed by atoms with van der Waals surface area (Å²) in [6.07, 6.45) is 2.18. The molecule has 0 bridgehead atoms. The third-order valence-corrected chi connectivity index (χ3v) is 5.83. The summed E-state index contributed by atoms with van der Waals surface area (Å²) in [5.41, 5.74) is 3.18. The van der Waals surface area contributed by atoms with Crippen LogP contribution in [0.3, 0.4) is 0 Å². The topological polar surface area (TPSA) is 93.8 Å². The number of halogens is 3. The highest BCUT2D eigenvalue weighted by Gasteiger charge is 2.31. The van der Waals surface area contributed by atoms with Crippen molar-refractivity contribution in [1.82, 2.24) is 5.43 Å². The molecule has 33 heavy (non-hydrogen) atoms. The fourth-order valence-electron chi connectivity index (χ4n) is 3.63. The number of nitro groups is 1. The first-order valence-electron chi connectivity index (χ1n) is 10.1. The van der Waals surface area contributed by atoms with Crippen molar-refractivity contribution in [3.63, 3.8) is 0 Å². The number of nitrogens with one attached hydrogen (secondary N) is 1. The lowest BCUT2D eigenvalue weighted by Crippen LogP contribution is -2.26. The number of carbonyl (C=O) groups excluding carboxylic acids is 1. The lowest BCUT2D eigenvalue weighted by atomic mass is 9.72.